The number of hydrogen-bond donors (Lipinski definition) is 2. The van der Waals surface area contributed by atoms with E-state index in [0.29, 0.717) is 25.9 Å². The van der Waals surface area contributed by atoms with Gasteiger partial charge in [0.05, 0.1) is 11.5 Å². The number of hydrogen-bond acceptors (Lipinski definition) is 4. The molecule has 2 aliphatic heterocycles. The molecule has 3 aliphatic rings. The SMILES string of the molecule is CN(C)C(=O)C1CCC(CNC(=O)N2C[C@@H]3CCC[C@@]3(C(=O)O)C2)O1. The van der Waals surface area contributed by atoms with Crippen LogP contribution in [0.25, 0.3) is 0 Å². The standard InChI is InChI=1S/C17H27N3O5/c1-19(2)14(21)13-6-5-12(25-13)8-18-16(24)20-9-11-4-3-7-17(11,10-20)15(22)23/h11-13H,3-10H2,1-2H3,(H,18,24)(H,22,23)/t11-,12?,13?,17+/m0/s1. The topological polar surface area (TPSA) is 99.2 Å². The minimum atomic E-state index is -0.783. The molecule has 8 nitrogen and oxygen atoms in total. The predicted molar refractivity (Wildman–Crippen MR) is 89.0 cm³/mol. The fourth-order valence-electron chi connectivity index (χ4n) is 4.43. The molecular formula is C17H27N3O5. The van der Waals surface area contributed by atoms with Crippen LogP contribution in [0.15, 0.2) is 0 Å². The Hall–Kier alpha value is -1.83. The number of ether oxygens (including phenoxy) is 1. The summed E-state index contributed by atoms with van der Waals surface area (Å²) in [6.07, 6.45) is 3.22. The number of likely N-dealkylation sites (tertiary alicyclic amines) is 1. The highest BCUT2D eigenvalue weighted by molar-refractivity contribution is 5.81. The number of nitrogens with zero attached hydrogens (tertiary/aromatic N) is 2. The van der Waals surface area contributed by atoms with Gasteiger partial charge in [-0.2, -0.15) is 0 Å². The quantitative estimate of drug-likeness (QED) is 0.768. The number of carboxylic acid groups (broad SMARTS) is 1. The zero-order chi connectivity index (χ0) is 18.2. The Balaban J connectivity index is 1.48. The number of carboxylic acids is 1. The molecule has 1 saturated carbocycles. The first-order valence-corrected chi connectivity index (χ1v) is 8.96. The van der Waals surface area contributed by atoms with Crippen molar-refractivity contribution in [2.24, 2.45) is 11.3 Å². The molecule has 25 heavy (non-hydrogen) atoms. The molecule has 2 heterocycles. The van der Waals surface area contributed by atoms with Gasteiger partial charge in [-0.05, 0) is 31.6 Å². The van der Waals surface area contributed by atoms with Crippen LogP contribution >= 0.6 is 0 Å². The molecule has 0 aromatic carbocycles. The first-order chi connectivity index (χ1) is 11.8. The van der Waals surface area contributed by atoms with E-state index in [4.69, 9.17) is 4.74 Å². The lowest BCUT2D eigenvalue weighted by Gasteiger charge is -2.24. The first-order valence-electron chi connectivity index (χ1n) is 8.96. The molecule has 3 rings (SSSR count). The van der Waals surface area contributed by atoms with E-state index in [1.165, 1.54) is 4.90 Å². The summed E-state index contributed by atoms with van der Waals surface area (Å²) in [5, 5.41) is 12.4. The molecule has 0 bridgehead atoms. The van der Waals surface area contributed by atoms with Crippen LogP contribution in [0.4, 0.5) is 4.79 Å². The smallest absolute Gasteiger partial charge is 0.317 e. The molecule has 0 aromatic rings. The average Bonchev–Trinajstić information content (AvgIpc) is 3.25. The van der Waals surface area contributed by atoms with Crippen LogP contribution < -0.4 is 5.32 Å². The molecule has 1 aliphatic carbocycles. The Bertz CT molecular complexity index is 566. The molecule has 8 heteroatoms. The fraction of sp³-hybridized carbons (Fsp3) is 0.824. The fourth-order valence-corrected chi connectivity index (χ4v) is 4.43. The van der Waals surface area contributed by atoms with E-state index >= 15 is 0 Å². The molecule has 0 spiro atoms. The van der Waals surface area contributed by atoms with Gasteiger partial charge in [0.15, 0.2) is 0 Å². The van der Waals surface area contributed by atoms with Gasteiger partial charge >= 0.3 is 12.0 Å². The predicted octanol–water partition coefficient (Wildman–Crippen LogP) is 0.519. The van der Waals surface area contributed by atoms with Crippen LogP contribution in [-0.2, 0) is 14.3 Å². The third-order valence-corrected chi connectivity index (χ3v) is 5.89. The van der Waals surface area contributed by atoms with E-state index in [-0.39, 0.29) is 30.5 Å². The second kappa shape index (κ2) is 6.82. The number of carbonyl (C=O) groups is 3. The van der Waals surface area contributed by atoms with E-state index in [2.05, 4.69) is 5.32 Å². The van der Waals surface area contributed by atoms with Crippen LogP contribution in [0.2, 0.25) is 0 Å². The number of aliphatic carboxylic acids is 1. The lowest BCUT2D eigenvalue weighted by molar-refractivity contribution is -0.149. The maximum Gasteiger partial charge on any atom is 0.317 e. The molecule has 2 saturated heterocycles. The summed E-state index contributed by atoms with van der Waals surface area (Å²) >= 11 is 0. The van der Waals surface area contributed by atoms with E-state index < -0.39 is 17.5 Å². The molecule has 2 N–H and O–H groups in total. The van der Waals surface area contributed by atoms with Crippen molar-refractivity contribution in [2.75, 3.05) is 33.7 Å². The van der Waals surface area contributed by atoms with Crippen LogP contribution in [0.5, 0.6) is 0 Å². The Morgan fingerprint density at radius 3 is 2.68 bits per heavy atom. The number of amides is 3. The molecule has 2 unspecified atom stereocenters. The normalized spacial score (nSPS) is 34.0. The number of urea groups is 1. The number of carbonyl (C=O) groups excluding carboxylic acids is 2. The minimum Gasteiger partial charge on any atom is -0.481 e. The molecule has 0 radical (unpaired) electrons. The van der Waals surface area contributed by atoms with Gasteiger partial charge in [0.2, 0.25) is 0 Å². The summed E-state index contributed by atoms with van der Waals surface area (Å²) in [5.41, 5.74) is -0.760. The van der Waals surface area contributed by atoms with Gasteiger partial charge < -0.3 is 25.0 Å². The molecule has 140 valence electrons. The van der Waals surface area contributed by atoms with Crippen LogP contribution in [0, 0.1) is 11.3 Å². The largest absolute Gasteiger partial charge is 0.481 e. The van der Waals surface area contributed by atoms with Gasteiger partial charge in [-0.25, -0.2) is 4.79 Å². The van der Waals surface area contributed by atoms with Crippen molar-refractivity contribution in [3.8, 4) is 0 Å². The lowest BCUT2D eigenvalue weighted by atomic mass is 9.81. The summed E-state index contributed by atoms with van der Waals surface area (Å²) in [7, 11) is 3.40. The number of fused-ring (bicyclic) bond motifs is 1. The van der Waals surface area contributed by atoms with Crippen LogP contribution in [0.3, 0.4) is 0 Å². The Morgan fingerprint density at radius 1 is 1.28 bits per heavy atom. The maximum atomic E-state index is 12.4. The number of likely N-dealkylation sites (N-methyl/N-ethyl adjacent to an activating group) is 1. The highest BCUT2D eigenvalue weighted by atomic mass is 16.5. The van der Waals surface area contributed by atoms with Gasteiger partial charge in [0.1, 0.15) is 6.10 Å². The maximum absolute atomic E-state index is 12.4. The summed E-state index contributed by atoms with van der Waals surface area (Å²) in [6.45, 7) is 1.13. The lowest BCUT2D eigenvalue weighted by Crippen LogP contribution is -2.44. The van der Waals surface area contributed by atoms with Crippen molar-refractivity contribution in [3.05, 3.63) is 0 Å². The Kier molecular flexibility index (Phi) is 4.90. The Labute approximate surface area is 147 Å². The Morgan fingerprint density at radius 2 is 2.04 bits per heavy atom. The third kappa shape index (κ3) is 3.31. The zero-order valence-electron chi connectivity index (χ0n) is 14.9. The second-order valence-corrected chi connectivity index (χ2v) is 7.67. The van der Waals surface area contributed by atoms with Crippen molar-refractivity contribution in [3.63, 3.8) is 0 Å². The first kappa shape index (κ1) is 18.0. The third-order valence-electron chi connectivity index (χ3n) is 5.89. The van der Waals surface area contributed by atoms with Crippen molar-refractivity contribution in [2.45, 2.75) is 44.3 Å². The van der Waals surface area contributed by atoms with Crippen LogP contribution in [-0.4, -0.2) is 78.8 Å². The van der Waals surface area contributed by atoms with E-state index in [1.54, 1.807) is 19.0 Å². The van der Waals surface area contributed by atoms with Crippen molar-refractivity contribution < 1.29 is 24.2 Å². The summed E-state index contributed by atoms with van der Waals surface area (Å²) in [5.74, 6) is -0.778. The monoisotopic (exact) mass is 353 g/mol. The summed E-state index contributed by atoms with van der Waals surface area (Å²) in [4.78, 5) is 39.1. The van der Waals surface area contributed by atoms with Crippen molar-refractivity contribution >= 4 is 17.9 Å². The zero-order valence-corrected chi connectivity index (χ0v) is 14.9. The van der Waals surface area contributed by atoms with Gasteiger partial charge in [-0.15, -0.1) is 0 Å². The van der Waals surface area contributed by atoms with Gasteiger partial charge in [0.25, 0.3) is 5.91 Å². The highest BCUT2D eigenvalue weighted by Crippen LogP contribution is 2.48. The second-order valence-electron chi connectivity index (χ2n) is 7.67. The molecule has 3 amide bonds. The highest BCUT2D eigenvalue weighted by Gasteiger charge is 2.55. The molecule has 0 aromatic heterocycles. The molecule has 3 fully saturated rings. The van der Waals surface area contributed by atoms with Gasteiger partial charge in [-0.1, -0.05) is 6.42 Å². The van der Waals surface area contributed by atoms with E-state index in [9.17, 15) is 19.5 Å². The molecular weight excluding hydrogens is 326 g/mol. The minimum absolute atomic E-state index is 0.0513. The average molecular weight is 353 g/mol. The van der Waals surface area contributed by atoms with E-state index in [0.717, 1.165) is 19.3 Å². The van der Waals surface area contributed by atoms with E-state index in [1.807, 2.05) is 0 Å². The summed E-state index contributed by atoms with van der Waals surface area (Å²) in [6, 6.07) is -0.235. The van der Waals surface area contributed by atoms with Crippen molar-refractivity contribution in [1.82, 2.24) is 15.1 Å². The summed E-state index contributed by atoms with van der Waals surface area (Å²) < 4.78 is 5.71. The van der Waals surface area contributed by atoms with Gasteiger partial charge in [-0.3, -0.25) is 9.59 Å². The number of nitrogens with one attached hydrogen (secondary N) is 1. The van der Waals surface area contributed by atoms with Crippen LogP contribution in [0.1, 0.15) is 32.1 Å². The van der Waals surface area contributed by atoms with Crippen molar-refractivity contribution in [1.29, 1.82) is 0 Å². The molecule has 4 atom stereocenters. The number of rotatable bonds is 4. The van der Waals surface area contributed by atoms with Gasteiger partial charge in [0, 0.05) is 33.7 Å².